The van der Waals surface area contributed by atoms with E-state index in [1.165, 1.54) is 19.6 Å². The third-order valence-corrected chi connectivity index (χ3v) is 12.6. The fourth-order valence-corrected chi connectivity index (χ4v) is 9.62. The Kier molecular flexibility index (Phi) is 14.6. The highest BCUT2D eigenvalue weighted by atomic mass is 16.4. The highest BCUT2D eigenvalue weighted by molar-refractivity contribution is 5.98. The van der Waals surface area contributed by atoms with E-state index in [4.69, 9.17) is 10.8 Å². The molecule has 0 saturated carbocycles. The fourth-order valence-electron chi connectivity index (χ4n) is 9.62. The number of carboxylic acid groups (broad SMARTS) is 1. The first kappa shape index (κ1) is 46.1. The van der Waals surface area contributed by atoms with Gasteiger partial charge in [-0.05, 0) is 38.5 Å². The minimum atomic E-state index is -1.29. The van der Waals surface area contributed by atoms with E-state index in [1.54, 1.807) is 0 Å². The van der Waals surface area contributed by atoms with Crippen LogP contribution in [0.2, 0.25) is 0 Å². The summed E-state index contributed by atoms with van der Waals surface area (Å²) in [5.41, 5.74) is 5.51. The highest BCUT2D eigenvalue weighted by Gasteiger charge is 2.48. The number of aliphatic hydroxyl groups excluding tert-OH is 3. The summed E-state index contributed by atoms with van der Waals surface area (Å²) in [6, 6.07) is -6.32. The molecule has 24 nitrogen and oxygen atoms in total. The maximum Gasteiger partial charge on any atom is 0.322 e. The Labute approximate surface area is 356 Å². The third kappa shape index (κ3) is 9.92. The van der Waals surface area contributed by atoms with Crippen LogP contribution in [0.3, 0.4) is 0 Å². The maximum atomic E-state index is 14.0. The van der Waals surface area contributed by atoms with Crippen LogP contribution < -0.4 is 21.7 Å². The molecular formula is C38H56N10O14. The lowest BCUT2D eigenvalue weighted by molar-refractivity contribution is -0.148. The second kappa shape index (κ2) is 19.7. The maximum absolute atomic E-state index is 14.0. The average Bonchev–Trinajstić information content (AvgIpc) is 4.11. The summed E-state index contributed by atoms with van der Waals surface area (Å²) < 4.78 is 0. The summed E-state index contributed by atoms with van der Waals surface area (Å²) in [6.45, 7) is -1.97. The minimum Gasteiger partial charge on any atom is -0.480 e. The summed E-state index contributed by atoms with van der Waals surface area (Å²) >= 11 is 0. The number of hydrogen-bond donors (Lipinski definition) is 8. The molecule has 0 spiro atoms. The number of hydrogen-bond acceptors (Lipinski definition) is 14. The lowest BCUT2D eigenvalue weighted by atomic mass is 10.1. The molecule has 6 heterocycles. The Balaban J connectivity index is 1.02. The van der Waals surface area contributed by atoms with Gasteiger partial charge in [-0.2, -0.15) is 0 Å². The van der Waals surface area contributed by atoms with Crippen LogP contribution in [0.1, 0.15) is 57.8 Å². The van der Waals surface area contributed by atoms with Crippen LogP contribution in [0.4, 0.5) is 0 Å². The van der Waals surface area contributed by atoms with Crippen LogP contribution in [-0.4, -0.2) is 229 Å². The molecule has 6 aliphatic rings. The van der Waals surface area contributed by atoms with Crippen molar-refractivity contribution >= 4 is 59.1 Å². The Morgan fingerprint density at radius 3 is 1.06 bits per heavy atom. The molecule has 0 aromatic carbocycles. The minimum absolute atomic E-state index is 0.0844. The number of aliphatic hydroxyl groups is 3. The molecule has 62 heavy (non-hydrogen) atoms. The van der Waals surface area contributed by atoms with E-state index in [1.807, 2.05) is 0 Å². The Morgan fingerprint density at radius 1 is 0.452 bits per heavy atom. The van der Waals surface area contributed by atoms with Gasteiger partial charge >= 0.3 is 5.97 Å². The van der Waals surface area contributed by atoms with Gasteiger partial charge in [0.15, 0.2) is 0 Å². The fraction of sp³-hybridized carbons (Fsp3) is 0.737. The molecular weight excluding hydrogens is 820 g/mol. The first-order valence-corrected chi connectivity index (χ1v) is 21.1. The largest absolute Gasteiger partial charge is 0.480 e. The lowest BCUT2D eigenvalue weighted by Gasteiger charge is -2.32. The van der Waals surface area contributed by atoms with E-state index in [2.05, 4.69) is 16.0 Å². The van der Waals surface area contributed by atoms with E-state index in [0.29, 0.717) is 32.2 Å². The number of carbonyl (C=O) groups is 10. The van der Waals surface area contributed by atoms with Crippen molar-refractivity contribution in [1.82, 2.24) is 45.3 Å². The molecule has 24 heteroatoms. The smallest absolute Gasteiger partial charge is 0.322 e. The number of carbonyl (C=O) groups excluding carboxylic acids is 9. The quantitative estimate of drug-likeness (QED) is 0.0853. The van der Waals surface area contributed by atoms with Gasteiger partial charge in [-0.1, -0.05) is 0 Å². The summed E-state index contributed by atoms with van der Waals surface area (Å²) in [6.07, 6.45) is -1.22. The van der Waals surface area contributed by atoms with Crippen LogP contribution in [0.25, 0.3) is 0 Å². The summed E-state index contributed by atoms with van der Waals surface area (Å²) in [7, 11) is 0. The predicted octanol–water partition coefficient (Wildman–Crippen LogP) is -6.76. The molecule has 9 atom stereocenters. The van der Waals surface area contributed by atoms with Gasteiger partial charge in [-0.3, -0.25) is 47.9 Å². The number of nitrogens with two attached hydrogens (primary N) is 1. The molecule has 0 radical (unpaired) electrons. The normalized spacial score (nSPS) is 29.6. The number of aliphatic carboxylic acids is 1. The number of likely N-dealkylation sites (tertiary alicyclic amines) is 6. The van der Waals surface area contributed by atoms with Crippen molar-refractivity contribution in [1.29, 1.82) is 0 Å². The average molecular weight is 877 g/mol. The van der Waals surface area contributed by atoms with Crippen LogP contribution in [0, 0.1) is 0 Å². The van der Waals surface area contributed by atoms with Crippen molar-refractivity contribution in [2.24, 2.45) is 5.73 Å². The van der Waals surface area contributed by atoms with E-state index in [0.717, 1.165) is 9.80 Å². The first-order valence-electron chi connectivity index (χ1n) is 21.1. The van der Waals surface area contributed by atoms with Crippen molar-refractivity contribution in [3.63, 3.8) is 0 Å². The number of nitrogens with one attached hydrogen (secondary N) is 3. The SMILES string of the molecule is NCC(=O)N1CCCC1C(=O)N1CC(O)CC1C(=O)NCC(=O)N1CCCC1C(=O)N1CC(O)CC1C(=O)NCC(=O)N1CCCC1C(=O)N1CC(O)CC1C(=O)NCC(=O)O. The van der Waals surface area contributed by atoms with Gasteiger partial charge in [0.2, 0.25) is 53.2 Å². The highest BCUT2D eigenvalue weighted by Crippen LogP contribution is 2.29. The Hall–Kier alpha value is -5.46. The second-order valence-corrected chi connectivity index (χ2v) is 16.7. The number of rotatable bonds is 13. The van der Waals surface area contributed by atoms with Crippen LogP contribution in [0.15, 0.2) is 0 Å². The van der Waals surface area contributed by atoms with Gasteiger partial charge in [-0.15, -0.1) is 0 Å². The first-order chi connectivity index (χ1) is 29.5. The van der Waals surface area contributed by atoms with E-state index in [-0.39, 0.29) is 71.4 Å². The van der Waals surface area contributed by atoms with Crippen molar-refractivity contribution in [2.75, 3.05) is 65.4 Å². The van der Waals surface area contributed by atoms with Gasteiger partial charge in [0, 0.05) is 58.5 Å². The van der Waals surface area contributed by atoms with Gasteiger partial charge in [0.25, 0.3) is 0 Å². The molecule has 6 saturated heterocycles. The summed E-state index contributed by atoms with van der Waals surface area (Å²) in [5.74, 6) is -6.87. The van der Waals surface area contributed by atoms with Gasteiger partial charge in [-0.25, -0.2) is 0 Å². The zero-order chi connectivity index (χ0) is 45.0. The molecule has 342 valence electrons. The van der Waals surface area contributed by atoms with Crippen molar-refractivity contribution in [3.8, 4) is 0 Å². The Bertz CT molecular complexity index is 1820. The predicted molar refractivity (Wildman–Crippen MR) is 208 cm³/mol. The molecule has 9 unspecified atom stereocenters. The lowest BCUT2D eigenvalue weighted by Crippen LogP contribution is -2.56. The van der Waals surface area contributed by atoms with E-state index in [9.17, 15) is 63.3 Å². The summed E-state index contributed by atoms with van der Waals surface area (Å²) in [4.78, 5) is 138. The molecule has 9 N–H and O–H groups in total. The zero-order valence-corrected chi connectivity index (χ0v) is 34.3. The standard InChI is InChI=1S/C38H56N10O14/c39-13-29(52)43-7-1-4-23(43)36(60)46-17-20(49)10-26(46)33(57)40-14-30(53)44-8-2-5-24(44)37(61)47-18-21(50)11-27(47)34(58)41-15-31(54)45-9-3-6-25(45)38(62)48-19-22(51)12-28(48)35(59)42-16-32(55)56/h20-28,49-51H,1-19,39H2,(H,40,57)(H,41,58)(H,42,59)(H,55,56). The number of β-amino-alcohol motifs (C(OH)–C–C–N with tert-alkyl or cyclic N) is 3. The molecule has 0 aliphatic carbocycles. The van der Waals surface area contributed by atoms with Gasteiger partial charge in [0.1, 0.15) is 42.8 Å². The van der Waals surface area contributed by atoms with Crippen molar-refractivity contribution < 1.29 is 68.4 Å². The molecule has 6 fully saturated rings. The van der Waals surface area contributed by atoms with Crippen LogP contribution in [-0.2, 0) is 47.9 Å². The zero-order valence-electron chi connectivity index (χ0n) is 34.3. The second-order valence-electron chi connectivity index (χ2n) is 16.7. The van der Waals surface area contributed by atoms with Crippen LogP contribution >= 0.6 is 0 Å². The molecule has 9 amide bonds. The summed E-state index contributed by atoms with van der Waals surface area (Å²) in [5, 5.41) is 47.4. The van der Waals surface area contributed by atoms with Gasteiger partial charge in [0.05, 0.1) is 37.9 Å². The topological polar surface area (TPSA) is 333 Å². The Morgan fingerprint density at radius 2 is 0.758 bits per heavy atom. The molecule has 0 aromatic heterocycles. The number of carboxylic acids is 1. The van der Waals surface area contributed by atoms with Gasteiger partial charge < -0.3 is 71.5 Å². The van der Waals surface area contributed by atoms with Crippen molar-refractivity contribution in [3.05, 3.63) is 0 Å². The van der Waals surface area contributed by atoms with Crippen molar-refractivity contribution in [2.45, 2.75) is 112 Å². The number of amides is 9. The van der Waals surface area contributed by atoms with E-state index >= 15 is 0 Å². The van der Waals surface area contributed by atoms with E-state index < -0.39 is 133 Å². The molecule has 6 aliphatic heterocycles. The third-order valence-electron chi connectivity index (χ3n) is 12.6. The molecule has 6 rings (SSSR count). The number of nitrogens with zero attached hydrogens (tertiary/aromatic N) is 6. The molecule has 0 aromatic rings. The van der Waals surface area contributed by atoms with Crippen LogP contribution in [0.5, 0.6) is 0 Å². The monoisotopic (exact) mass is 876 g/mol. The molecule has 0 bridgehead atoms.